The molecule has 1 fully saturated rings. The number of amides is 2. The van der Waals surface area contributed by atoms with Crippen molar-refractivity contribution in [3.63, 3.8) is 0 Å². The molecule has 6 heteroatoms. The molecule has 1 aromatic rings. The fourth-order valence-electron chi connectivity index (χ4n) is 2.82. The number of nitriles is 1. The summed E-state index contributed by atoms with van der Waals surface area (Å²) in [4.78, 5) is 27.3. The molecule has 0 saturated carbocycles. The number of hydrogen-bond donors (Lipinski definition) is 1. The van der Waals surface area contributed by atoms with Gasteiger partial charge in [0.1, 0.15) is 0 Å². The lowest BCUT2D eigenvalue weighted by Crippen LogP contribution is -2.37. The Hall–Kier alpha value is -2.39. The molecule has 6 nitrogen and oxygen atoms in total. The van der Waals surface area contributed by atoms with E-state index < -0.39 is 0 Å². The number of nitrogens with one attached hydrogen (secondary N) is 1. The predicted octanol–water partition coefficient (Wildman–Crippen LogP) is 1.12. The van der Waals surface area contributed by atoms with Crippen LogP contribution < -0.4 is 5.32 Å². The minimum Gasteiger partial charge on any atom is -0.356 e. The van der Waals surface area contributed by atoms with Gasteiger partial charge < -0.3 is 10.2 Å². The molecule has 0 atom stereocenters. The average molecular weight is 328 g/mol. The maximum atomic E-state index is 12.2. The molecule has 0 bridgehead atoms. The normalized spacial score (nSPS) is 15.4. The van der Waals surface area contributed by atoms with E-state index in [1.54, 1.807) is 0 Å². The summed E-state index contributed by atoms with van der Waals surface area (Å²) in [5, 5.41) is 11.5. The highest BCUT2D eigenvalue weighted by Crippen LogP contribution is 2.11. The molecule has 1 heterocycles. The Morgan fingerprint density at radius 3 is 2.58 bits per heavy atom. The third-order valence-corrected chi connectivity index (χ3v) is 4.14. The lowest BCUT2D eigenvalue weighted by atomic mass is 10.1. The van der Waals surface area contributed by atoms with Crippen molar-refractivity contribution in [1.29, 1.82) is 5.26 Å². The number of carbonyl (C=O) groups excluding carboxylic acids is 2. The van der Waals surface area contributed by atoms with E-state index in [4.69, 9.17) is 5.26 Å². The van der Waals surface area contributed by atoms with Crippen LogP contribution in [0.3, 0.4) is 0 Å². The highest BCUT2D eigenvalue weighted by atomic mass is 16.2. The summed E-state index contributed by atoms with van der Waals surface area (Å²) < 4.78 is 0. The molecule has 1 aliphatic heterocycles. The van der Waals surface area contributed by atoms with Crippen molar-refractivity contribution < 1.29 is 9.59 Å². The molecule has 1 aliphatic rings. The van der Waals surface area contributed by atoms with Crippen molar-refractivity contribution in [1.82, 2.24) is 15.1 Å². The van der Waals surface area contributed by atoms with E-state index in [9.17, 15) is 9.59 Å². The molecule has 0 aromatic heterocycles. The second kappa shape index (κ2) is 9.04. The highest BCUT2D eigenvalue weighted by Gasteiger charge is 2.18. The molecule has 24 heavy (non-hydrogen) atoms. The predicted molar refractivity (Wildman–Crippen MR) is 90.9 cm³/mol. The van der Waals surface area contributed by atoms with E-state index >= 15 is 0 Å². The van der Waals surface area contributed by atoms with Gasteiger partial charge in [-0.3, -0.25) is 14.5 Å². The number of hydrogen-bond acceptors (Lipinski definition) is 4. The number of carbonyl (C=O) groups is 2. The lowest BCUT2D eigenvalue weighted by Gasteiger charge is -2.22. The Morgan fingerprint density at radius 1 is 1.17 bits per heavy atom. The summed E-state index contributed by atoms with van der Waals surface area (Å²) in [6.07, 6.45) is 1.30. The fraction of sp³-hybridized carbons (Fsp3) is 0.500. The van der Waals surface area contributed by atoms with Gasteiger partial charge in [-0.2, -0.15) is 5.26 Å². The van der Waals surface area contributed by atoms with E-state index in [0.717, 1.165) is 39.1 Å². The van der Waals surface area contributed by atoms with Gasteiger partial charge in [0.05, 0.1) is 11.6 Å². The Morgan fingerprint density at radius 2 is 1.92 bits per heavy atom. The molecule has 2 amide bonds. The van der Waals surface area contributed by atoms with Gasteiger partial charge in [-0.05, 0) is 24.1 Å². The summed E-state index contributed by atoms with van der Waals surface area (Å²) in [6, 6.07) is 9.77. The number of benzene rings is 1. The first-order valence-corrected chi connectivity index (χ1v) is 8.32. The van der Waals surface area contributed by atoms with Crippen LogP contribution in [0.15, 0.2) is 24.3 Å². The van der Waals surface area contributed by atoms with Crippen LogP contribution in [0.2, 0.25) is 0 Å². The zero-order valence-corrected chi connectivity index (χ0v) is 14.1. The second-order valence-corrected chi connectivity index (χ2v) is 6.05. The van der Waals surface area contributed by atoms with Gasteiger partial charge in [0.15, 0.2) is 0 Å². The van der Waals surface area contributed by atoms with Gasteiger partial charge in [0, 0.05) is 52.6 Å². The van der Waals surface area contributed by atoms with Crippen molar-refractivity contribution in [2.45, 2.75) is 26.3 Å². The van der Waals surface area contributed by atoms with Gasteiger partial charge >= 0.3 is 0 Å². The number of nitrogens with zero attached hydrogens (tertiary/aromatic N) is 3. The van der Waals surface area contributed by atoms with Crippen molar-refractivity contribution in [2.75, 3.05) is 32.7 Å². The van der Waals surface area contributed by atoms with E-state index in [2.05, 4.69) is 16.3 Å². The van der Waals surface area contributed by atoms with Crippen LogP contribution in [-0.4, -0.2) is 54.3 Å². The molecule has 128 valence electrons. The zero-order valence-electron chi connectivity index (χ0n) is 14.1. The van der Waals surface area contributed by atoms with E-state index in [1.807, 2.05) is 29.2 Å². The second-order valence-electron chi connectivity index (χ2n) is 6.05. The van der Waals surface area contributed by atoms with Crippen molar-refractivity contribution in [3.8, 4) is 6.07 Å². The third kappa shape index (κ3) is 5.67. The highest BCUT2D eigenvalue weighted by molar-refractivity contribution is 5.78. The summed E-state index contributed by atoms with van der Waals surface area (Å²) in [5.41, 5.74) is 1.85. The Balaban J connectivity index is 1.80. The van der Waals surface area contributed by atoms with E-state index in [-0.39, 0.29) is 11.8 Å². The van der Waals surface area contributed by atoms with Crippen LogP contribution in [0.25, 0.3) is 0 Å². The van der Waals surface area contributed by atoms with Crippen LogP contribution in [0.4, 0.5) is 0 Å². The van der Waals surface area contributed by atoms with Gasteiger partial charge in [-0.15, -0.1) is 0 Å². The smallest absolute Gasteiger partial charge is 0.224 e. The lowest BCUT2D eigenvalue weighted by molar-refractivity contribution is -0.131. The molecular formula is C18H24N4O2. The van der Waals surface area contributed by atoms with Gasteiger partial charge in [0.25, 0.3) is 0 Å². The first kappa shape index (κ1) is 18.0. The van der Waals surface area contributed by atoms with Crippen molar-refractivity contribution in [3.05, 3.63) is 35.4 Å². The molecule has 0 aliphatic carbocycles. The quantitative estimate of drug-likeness (QED) is 0.879. The van der Waals surface area contributed by atoms with Crippen LogP contribution in [0.5, 0.6) is 0 Å². The van der Waals surface area contributed by atoms with Gasteiger partial charge in [0.2, 0.25) is 11.8 Å². The number of rotatable bonds is 5. The fourth-order valence-corrected chi connectivity index (χ4v) is 2.82. The topological polar surface area (TPSA) is 76.4 Å². The Labute approximate surface area is 143 Å². The van der Waals surface area contributed by atoms with E-state index in [1.165, 1.54) is 12.5 Å². The van der Waals surface area contributed by atoms with Crippen LogP contribution in [-0.2, 0) is 16.1 Å². The molecule has 1 aromatic carbocycles. The summed E-state index contributed by atoms with van der Waals surface area (Å²) in [7, 11) is 0. The summed E-state index contributed by atoms with van der Waals surface area (Å²) in [6.45, 7) is 5.97. The summed E-state index contributed by atoms with van der Waals surface area (Å²) in [5.74, 6) is -0.00349. The SMILES string of the molecule is CC(=O)NCCC(=O)N1CCCN(Cc2ccc(C#N)cc2)CC1. The van der Waals surface area contributed by atoms with Crippen molar-refractivity contribution in [2.24, 2.45) is 0 Å². The standard InChI is InChI=1S/C18H24N4O2/c1-15(23)20-8-7-18(24)22-10-2-9-21(11-12-22)14-17-5-3-16(13-19)4-6-17/h3-6H,2,7-12,14H2,1H3,(H,20,23). The summed E-state index contributed by atoms with van der Waals surface area (Å²) >= 11 is 0. The van der Waals surface area contributed by atoms with E-state index in [0.29, 0.717) is 18.5 Å². The van der Waals surface area contributed by atoms with Crippen LogP contribution >= 0.6 is 0 Å². The minimum atomic E-state index is -0.104. The average Bonchev–Trinajstić information content (AvgIpc) is 2.81. The molecular weight excluding hydrogens is 304 g/mol. The van der Waals surface area contributed by atoms with Crippen LogP contribution in [0.1, 0.15) is 30.9 Å². The minimum absolute atomic E-state index is 0.101. The van der Waals surface area contributed by atoms with Crippen LogP contribution in [0, 0.1) is 11.3 Å². The monoisotopic (exact) mass is 328 g/mol. The Bertz CT molecular complexity index is 606. The first-order valence-electron chi connectivity index (χ1n) is 8.32. The molecule has 0 unspecified atom stereocenters. The maximum absolute atomic E-state index is 12.2. The molecule has 0 spiro atoms. The molecule has 0 radical (unpaired) electrons. The van der Waals surface area contributed by atoms with Gasteiger partial charge in [-0.25, -0.2) is 0 Å². The van der Waals surface area contributed by atoms with Gasteiger partial charge in [-0.1, -0.05) is 12.1 Å². The molecule has 1 N–H and O–H groups in total. The maximum Gasteiger partial charge on any atom is 0.224 e. The first-order chi connectivity index (χ1) is 11.6. The van der Waals surface area contributed by atoms with Crippen molar-refractivity contribution >= 4 is 11.8 Å². The molecule has 1 saturated heterocycles. The largest absolute Gasteiger partial charge is 0.356 e. The third-order valence-electron chi connectivity index (χ3n) is 4.14. The molecule has 2 rings (SSSR count). The Kier molecular flexibility index (Phi) is 6.76. The zero-order chi connectivity index (χ0) is 17.4.